The first-order valence-corrected chi connectivity index (χ1v) is 8.35. The lowest BCUT2D eigenvalue weighted by Crippen LogP contribution is -3.30. The van der Waals surface area contributed by atoms with E-state index in [1.165, 1.54) is 15.4 Å². The zero-order valence-electron chi connectivity index (χ0n) is 13.6. The summed E-state index contributed by atoms with van der Waals surface area (Å²) in [5.41, 5.74) is 1.23. The van der Waals surface area contributed by atoms with E-state index in [2.05, 4.69) is 24.3 Å². The van der Waals surface area contributed by atoms with E-state index in [9.17, 15) is 9.59 Å². The average Bonchev–Trinajstić information content (AvgIpc) is 2.84. The molecule has 2 aliphatic rings. The van der Waals surface area contributed by atoms with Crippen LogP contribution in [-0.2, 0) is 9.59 Å². The normalized spacial score (nSPS) is 28.7. The molecule has 2 fully saturated rings. The minimum absolute atomic E-state index is 0.00239. The molecule has 1 aromatic carbocycles. The van der Waals surface area contributed by atoms with E-state index in [1.807, 2.05) is 18.2 Å². The van der Waals surface area contributed by atoms with Crippen molar-refractivity contribution in [1.82, 2.24) is 4.90 Å². The average molecular weight is 315 g/mol. The Labute approximate surface area is 137 Å². The molecule has 0 bridgehead atoms. The van der Waals surface area contributed by atoms with Crippen molar-refractivity contribution in [2.75, 3.05) is 39.8 Å². The van der Waals surface area contributed by atoms with Crippen LogP contribution >= 0.6 is 0 Å². The Balaban J connectivity index is 1.46. The van der Waals surface area contributed by atoms with E-state index in [-0.39, 0.29) is 17.9 Å². The van der Waals surface area contributed by atoms with Gasteiger partial charge in [-0.25, -0.2) is 0 Å². The van der Waals surface area contributed by atoms with Crippen molar-refractivity contribution < 1.29 is 19.4 Å². The van der Waals surface area contributed by atoms with Crippen molar-refractivity contribution in [2.45, 2.75) is 12.5 Å². The van der Waals surface area contributed by atoms with Crippen molar-refractivity contribution in [3.63, 3.8) is 0 Å². The molecule has 2 amide bonds. The van der Waals surface area contributed by atoms with Crippen LogP contribution in [0.1, 0.15) is 12.0 Å². The molecule has 0 spiro atoms. The predicted molar refractivity (Wildman–Crippen MR) is 87.9 cm³/mol. The zero-order chi connectivity index (χ0) is 16.2. The second-order valence-corrected chi connectivity index (χ2v) is 6.47. The second-order valence-electron chi connectivity index (χ2n) is 6.47. The molecule has 23 heavy (non-hydrogen) atoms. The Morgan fingerprint density at radius 3 is 2.43 bits per heavy atom. The highest BCUT2D eigenvalue weighted by Crippen LogP contribution is 2.07. The lowest BCUT2D eigenvalue weighted by molar-refractivity contribution is -1.02. The summed E-state index contributed by atoms with van der Waals surface area (Å²) in [6, 6.07) is 10.2. The number of hydrogen-bond donors (Lipinski definition) is 2. The molecule has 2 saturated heterocycles. The molecule has 2 N–H and O–H groups in total. The number of piperazine rings is 1. The predicted octanol–water partition coefficient (Wildman–Crippen LogP) is -1.76. The highest BCUT2D eigenvalue weighted by Gasteiger charge is 2.44. The summed E-state index contributed by atoms with van der Waals surface area (Å²) in [6.45, 7) is 5.05. The Morgan fingerprint density at radius 2 is 1.83 bits per heavy atom. The molecule has 0 aliphatic carbocycles. The van der Waals surface area contributed by atoms with Gasteiger partial charge in [0.15, 0.2) is 6.04 Å². The van der Waals surface area contributed by atoms with Gasteiger partial charge in [0, 0.05) is 7.05 Å². The molecule has 5 heteroatoms. The third-order valence-electron chi connectivity index (χ3n) is 4.99. The van der Waals surface area contributed by atoms with Crippen LogP contribution in [0.5, 0.6) is 0 Å². The van der Waals surface area contributed by atoms with Gasteiger partial charge in [0.05, 0.1) is 13.0 Å². The molecule has 0 aromatic heterocycles. The molecule has 5 nitrogen and oxygen atoms in total. The van der Waals surface area contributed by atoms with Crippen LogP contribution in [-0.4, -0.2) is 62.5 Å². The van der Waals surface area contributed by atoms with Gasteiger partial charge in [-0.3, -0.25) is 14.5 Å². The molecule has 122 valence electrons. The molecule has 0 radical (unpaired) electrons. The van der Waals surface area contributed by atoms with Gasteiger partial charge in [0.1, 0.15) is 26.2 Å². The summed E-state index contributed by atoms with van der Waals surface area (Å²) in [7, 11) is 1.60. The van der Waals surface area contributed by atoms with Crippen LogP contribution < -0.4 is 9.80 Å². The first-order chi connectivity index (χ1) is 11.1. The Bertz CT molecular complexity index is 592. The minimum Gasteiger partial charge on any atom is -0.322 e. The number of quaternary nitrogens is 2. The minimum atomic E-state index is -0.145. The first-order valence-electron chi connectivity index (χ1n) is 8.35. The number of rotatable bonds is 4. The summed E-state index contributed by atoms with van der Waals surface area (Å²) in [5, 5.41) is 0. The third-order valence-corrected chi connectivity index (χ3v) is 4.99. The highest BCUT2D eigenvalue weighted by atomic mass is 16.2. The quantitative estimate of drug-likeness (QED) is 0.647. The van der Waals surface area contributed by atoms with Crippen LogP contribution in [0.25, 0.3) is 6.08 Å². The number of nitrogens with one attached hydrogen (secondary N) is 2. The molecule has 2 aliphatic heterocycles. The van der Waals surface area contributed by atoms with Crippen molar-refractivity contribution in [1.29, 1.82) is 0 Å². The molecule has 0 saturated carbocycles. The van der Waals surface area contributed by atoms with Gasteiger partial charge in [0.2, 0.25) is 5.91 Å². The maximum absolute atomic E-state index is 12.1. The highest BCUT2D eigenvalue weighted by molar-refractivity contribution is 6.04. The Hall–Kier alpha value is -1.98. The van der Waals surface area contributed by atoms with E-state index < -0.39 is 0 Å². The smallest absolute Gasteiger partial charge is 0.287 e. The van der Waals surface area contributed by atoms with Gasteiger partial charge < -0.3 is 9.80 Å². The summed E-state index contributed by atoms with van der Waals surface area (Å²) >= 11 is 0. The van der Waals surface area contributed by atoms with E-state index in [0.29, 0.717) is 6.42 Å². The summed E-state index contributed by atoms with van der Waals surface area (Å²) in [4.78, 5) is 27.9. The standard InChI is InChI=1S/C18H23N3O2/c1-19-17(22)14-16(18(19)23)21-12-10-20(11-13-21)9-5-8-15-6-3-2-4-7-15/h2-8,16H,9-14H2,1H3/p+2/b8-5+/t16-/m1/s1. The fraction of sp³-hybridized carbons (Fsp3) is 0.444. The SMILES string of the molecule is CN1C(=O)C[C@@H]([NH+]2CC[NH+](C/C=C/c3ccccc3)CC2)C1=O. The monoisotopic (exact) mass is 315 g/mol. The molecule has 3 rings (SSSR count). The number of likely N-dealkylation sites (N-methyl/N-ethyl adjacent to an activating group) is 1. The summed E-state index contributed by atoms with van der Waals surface area (Å²) < 4.78 is 0. The number of imide groups is 1. The lowest BCUT2D eigenvalue weighted by Gasteiger charge is -2.31. The van der Waals surface area contributed by atoms with Gasteiger partial charge in [-0.15, -0.1) is 0 Å². The lowest BCUT2D eigenvalue weighted by atomic mass is 10.1. The van der Waals surface area contributed by atoms with Crippen molar-refractivity contribution in [2.24, 2.45) is 0 Å². The largest absolute Gasteiger partial charge is 0.322 e. The van der Waals surface area contributed by atoms with Crippen molar-refractivity contribution in [3.8, 4) is 0 Å². The first kappa shape index (κ1) is 15.9. The van der Waals surface area contributed by atoms with Gasteiger partial charge in [-0.1, -0.05) is 36.4 Å². The van der Waals surface area contributed by atoms with Crippen LogP contribution in [0.15, 0.2) is 36.4 Å². The topological polar surface area (TPSA) is 46.3 Å². The van der Waals surface area contributed by atoms with Gasteiger partial charge in [-0.05, 0) is 11.6 Å². The number of hydrogen-bond acceptors (Lipinski definition) is 2. The number of benzene rings is 1. The fourth-order valence-electron chi connectivity index (χ4n) is 3.48. The number of nitrogens with zero attached hydrogens (tertiary/aromatic N) is 1. The number of carbonyl (C=O) groups is 2. The number of carbonyl (C=O) groups excluding carboxylic acids is 2. The number of likely N-dealkylation sites (tertiary alicyclic amines) is 1. The zero-order valence-corrected chi connectivity index (χ0v) is 13.6. The Morgan fingerprint density at radius 1 is 1.13 bits per heavy atom. The van der Waals surface area contributed by atoms with E-state index in [4.69, 9.17) is 0 Å². The van der Waals surface area contributed by atoms with Crippen molar-refractivity contribution >= 4 is 17.9 Å². The molecule has 0 unspecified atom stereocenters. The summed E-state index contributed by atoms with van der Waals surface area (Å²) in [5.74, 6) is -0.0366. The van der Waals surface area contributed by atoms with Crippen LogP contribution in [0.4, 0.5) is 0 Å². The second kappa shape index (κ2) is 7.06. The van der Waals surface area contributed by atoms with Crippen LogP contribution in [0.2, 0.25) is 0 Å². The van der Waals surface area contributed by atoms with Gasteiger partial charge in [-0.2, -0.15) is 0 Å². The number of amides is 2. The molecule has 1 aromatic rings. The third kappa shape index (κ3) is 3.68. The molecule has 2 heterocycles. The van der Waals surface area contributed by atoms with Gasteiger partial charge >= 0.3 is 0 Å². The van der Waals surface area contributed by atoms with Crippen molar-refractivity contribution in [3.05, 3.63) is 42.0 Å². The summed E-state index contributed by atoms with van der Waals surface area (Å²) in [6.07, 6.45) is 4.78. The van der Waals surface area contributed by atoms with E-state index in [0.717, 1.165) is 32.7 Å². The molecular formula is C18H25N3O2+2. The van der Waals surface area contributed by atoms with Crippen LogP contribution in [0, 0.1) is 0 Å². The fourth-order valence-corrected chi connectivity index (χ4v) is 3.48. The molecular weight excluding hydrogens is 290 g/mol. The van der Waals surface area contributed by atoms with Crippen LogP contribution in [0.3, 0.4) is 0 Å². The maximum Gasteiger partial charge on any atom is 0.287 e. The van der Waals surface area contributed by atoms with E-state index >= 15 is 0 Å². The maximum atomic E-state index is 12.1. The van der Waals surface area contributed by atoms with Gasteiger partial charge in [0.25, 0.3) is 5.91 Å². The Kier molecular flexibility index (Phi) is 4.88. The molecule has 1 atom stereocenters. The van der Waals surface area contributed by atoms with E-state index in [1.54, 1.807) is 11.9 Å².